The molecule has 11 nitrogen and oxygen atoms in total. The van der Waals surface area contributed by atoms with Gasteiger partial charge in [-0.1, -0.05) is 26.0 Å². The first-order chi connectivity index (χ1) is 16.3. The number of alkyl halides is 3. The van der Waals surface area contributed by atoms with Gasteiger partial charge >= 0.3 is 6.36 Å². The molecular weight excluding hydrogens is 473 g/mol. The number of hydrazone groups is 1. The summed E-state index contributed by atoms with van der Waals surface area (Å²) in [6.45, 7) is 5.58. The van der Waals surface area contributed by atoms with Crippen LogP contribution in [-0.2, 0) is 16.1 Å². The third kappa shape index (κ3) is 13.2. The molecular formula is C21H31F3N6O5. The zero-order valence-corrected chi connectivity index (χ0v) is 19.7. The van der Waals surface area contributed by atoms with Gasteiger partial charge in [-0.15, -0.1) is 13.2 Å². The van der Waals surface area contributed by atoms with Crippen LogP contribution in [0.2, 0.25) is 0 Å². The monoisotopic (exact) mass is 504 g/mol. The molecule has 0 saturated carbocycles. The van der Waals surface area contributed by atoms with E-state index >= 15 is 0 Å². The number of nitro groups is 1. The van der Waals surface area contributed by atoms with Gasteiger partial charge in [0.25, 0.3) is 5.96 Å². The van der Waals surface area contributed by atoms with E-state index in [2.05, 4.69) is 25.8 Å². The maximum absolute atomic E-state index is 12.9. The first-order valence-corrected chi connectivity index (χ1v) is 10.9. The predicted molar refractivity (Wildman–Crippen MR) is 122 cm³/mol. The molecule has 35 heavy (non-hydrogen) atoms. The summed E-state index contributed by atoms with van der Waals surface area (Å²) < 4.78 is 40.8. The summed E-state index contributed by atoms with van der Waals surface area (Å²) in [5.74, 6) is -1.18. The van der Waals surface area contributed by atoms with Gasteiger partial charge in [0.1, 0.15) is 10.9 Å². The van der Waals surface area contributed by atoms with E-state index in [9.17, 15) is 32.9 Å². The second-order valence-corrected chi connectivity index (χ2v) is 8.22. The number of nitrogens with two attached hydrogens (primary N) is 1. The molecule has 14 heteroatoms. The molecule has 0 aliphatic heterocycles. The van der Waals surface area contributed by atoms with Gasteiger partial charge in [-0.3, -0.25) is 9.59 Å². The number of hydrogen-bond acceptors (Lipinski definition) is 6. The largest absolute Gasteiger partial charge is 0.573 e. The number of guanidine groups is 1. The fraction of sp³-hybridized carbons (Fsp3) is 0.571. The van der Waals surface area contributed by atoms with Crippen molar-refractivity contribution in [3.05, 3.63) is 39.9 Å². The summed E-state index contributed by atoms with van der Waals surface area (Å²) in [6.07, 6.45) is -3.70. The van der Waals surface area contributed by atoms with Crippen molar-refractivity contribution in [3.8, 4) is 5.75 Å². The highest BCUT2D eigenvalue weighted by atomic mass is 19.4. The molecule has 0 radical (unpaired) electrons. The van der Waals surface area contributed by atoms with Gasteiger partial charge in [-0.2, -0.15) is 0 Å². The molecule has 1 amide bonds. The van der Waals surface area contributed by atoms with Crippen LogP contribution < -0.4 is 26.4 Å². The molecule has 0 fully saturated rings. The van der Waals surface area contributed by atoms with Crippen LogP contribution in [0.4, 0.5) is 13.2 Å². The average Bonchev–Trinajstić information content (AvgIpc) is 2.71. The van der Waals surface area contributed by atoms with Crippen molar-refractivity contribution < 1.29 is 32.5 Å². The molecule has 0 aliphatic rings. The Morgan fingerprint density at radius 3 is 2.34 bits per heavy atom. The van der Waals surface area contributed by atoms with E-state index in [1.165, 1.54) is 19.1 Å². The SMILES string of the molecule is CC(=O)[C@H](CC(C)C)NC(=O)[C@H](CCCN/C(N)=N/[N+](=O)[O-])NCc1ccc(OC(F)(F)F)cc1. The number of ether oxygens (including phenoxy) is 1. The quantitative estimate of drug-likeness (QED) is 0.0984. The van der Waals surface area contributed by atoms with Crippen molar-refractivity contribution in [1.29, 1.82) is 0 Å². The van der Waals surface area contributed by atoms with E-state index < -0.39 is 29.4 Å². The lowest BCUT2D eigenvalue weighted by atomic mass is 10.00. The lowest BCUT2D eigenvalue weighted by molar-refractivity contribution is -0.485. The molecule has 1 rings (SSSR count). The molecule has 196 valence electrons. The van der Waals surface area contributed by atoms with Gasteiger partial charge in [-0.05, 0) is 49.8 Å². The van der Waals surface area contributed by atoms with Gasteiger partial charge < -0.3 is 26.4 Å². The lowest BCUT2D eigenvalue weighted by Gasteiger charge is -2.23. The van der Waals surface area contributed by atoms with Crippen molar-refractivity contribution >= 4 is 17.6 Å². The van der Waals surface area contributed by atoms with Gasteiger partial charge in [0, 0.05) is 13.1 Å². The van der Waals surface area contributed by atoms with E-state index in [-0.39, 0.29) is 42.9 Å². The lowest BCUT2D eigenvalue weighted by Crippen LogP contribution is -2.50. The Morgan fingerprint density at radius 2 is 1.83 bits per heavy atom. The zero-order chi connectivity index (χ0) is 26.6. The van der Waals surface area contributed by atoms with E-state index in [1.807, 2.05) is 13.8 Å². The highest BCUT2D eigenvalue weighted by Gasteiger charge is 2.31. The van der Waals surface area contributed by atoms with Crippen LogP contribution in [0.5, 0.6) is 5.75 Å². The Kier molecular flexibility index (Phi) is 11.9. The molecule has 0 spiro atoms. The Morgan fingerprint density at radius 1 is 1.20 bits per heavy atom. The molecule has 1 aromatic rings. The van der Waals surface area contributed by atoms with Crippen molar-refractivity contribution in [2.75, 3.05) is 6.54 Å². The van der Waals surface area contributed by atoms with Gasteiger partial charge in [0.05, 0.1) is 12.1 Å². The van der Waals surface area contributed by atoms with E-state index in [1.54, 1.807) is 0 Å². The minimum absolute atomic E-state index is 0.150. The van der Waals surface area contributed by atoms with Crippen molar-refractivity contribution in [1.82, 2.24) is 16.0 Å². The number of carbonyl (C=O) groups excluding carboxylic acids is 2. The Labute approximate surface area is 200 Å². The normalized spacial score (nSPS) is 13.7. The smallest absolute Gasteiger partial charge is 0.406 e. The maximum atomic E-state index is 12.9. The second kappa shape index (κ2) is 14.1. The number of ketones is 1. The zero-order valence-electron chi connectivity index (χ0n) is 19.7. The number of benzene rings is 1. The molecule has 0 saturated heterocycles. The number of amides is 1. The maximum Gasteiger partial charge on any atom is 0.573 e. The van der Waals surface area contributed by atoms with Crippen molar-refractivity contribution in [2.45, 2.75) is 65.0 Å². The third-order valence-corrected chi connectivity index (χ3v) is 4.71. The molecule has 0 aromatic heterocycles. The van der Waals surface area contributed by atoms with E-state index in [0.717, 1.165) is 12.1 Å². The standard InChI is InChI=1S/C21H31F3N6O5/c1-13(2)11-18(14(3)31)28-19(32)17(5-4-10-26-20(25)29-30(33)34)27-12-15-6-8-16(9-7-15)35-21(22,23)24/h6-9,13,17-18,27H,4-5,10-12H2,1-3H3,(H,28,32)(H3,25,26,29)/t17-,18-/m0/s1. The predicted octanol–water partition coefficient (Wildman–Crippen LogP) is 2.04. The number of rotatable bonds is 14. The van der Waals surface area contributed by atoms with Crippen LogP contribution in [0.25, 0.3) is 0 Å². The summed E-state index contributed by atoms with van der Waals surface area (Å²) in [5, 5.41) is 20.6. The van der Waals surface area contributed by atoms with E-state index in [4.69, 9.17) is 5.73 Å². The number of Topliss-reactive ketones (excluding diaryl/α,β-unsaturated/α-hetero) is 1. The van der Waals surface area contributed by atoms with Gasteiger partial charge in [0.15, 0.2) is 10.8 Å². The van der Waals surface area contributed by atoms with Crippen molar-refractivity contribution in [2.24, 2.45) is 16.8 Å². The molecule has 1 aromatic carbocycles. The number of halogens is 3. The summed E-state index contributed by atoms with van der Waals surface area (Å²) in [5.41, 5.74) is 5.97. The van der Waals surface area contributed by atoms with Crippen LogP contribution in [0, 0.1) is 16.0 Å². The molecule has 0 bridgehead atoms. The Balaban J connectivity index is 2.82. The number of hydrogen-bond donors (Lipinski definition) is 4. The third-order valence-electron chi connectivity index (χ3n) is 4.71. The van der Waals surface area contributed by atoms with Crippen LogP contribution >= 0.6 is 0 Å². The fourth-order valence-corrected chi connectivity index (χ4v) is 3.09. The summed E-state index contributed by atoms with van der Waals surface area (Å²) in [6, 6.07) is 3.76. The molecule has 2 atom stereocenters. The fourth-order valence-electron chi connectivity index (χ4n) is 3.09. The van der Waals surface area contributed by atoms with Crippen LogP contribution in [0.3, 0.4) is 0 Å². The summed E-state index contributed by atoms with van der Waals surface area (Å²) in [4.78, 5) is 35.2. The molecule has 0 aliphatic carbocycles. The highest BCUT2D eigenvalue weighted by molar-refractivity contribution is 5.89. The molecule has 5 N–H and O–H groups in total. The van der Waals surface area contributed by atoms with Gasteiger partial charge in [-0.25, -0.2) is 10.1 Å². The summed E-state index contributed by atoms with van der Waals surface area (Å²) >= 11 is 0. The minimum atomic E-state index is -4.80. The molecule has 0 unspecified atom stereocenters. The molecule has 0 heterocycles. The highest BCUT2D eigenvalue weighted by Crippen LogP contribution is 2.22. The number of carbonyl (C=O) groups is 2. The van der Waals surface area contributed by atoms with Crippen molar-refractivity contribution in [3.63, 3.8) is 0 Å². The number of nitrogens with zero attached hydrogens (tertiary/aromatic N) is 2. The average molecular weight is 505 g/mol. The van der Waals surface area contributed by atoms with Crippen LogP contribution in [-0.4, -0.2) is 47.7 Å². The Bertz CT molecular complexity index is 877. The van der Waals surface area contributed by atoms with E-state index in [0.29, 0.717) is 18.4 Å². The first-order valence-electron chi connectivity index (χ1n) is 10.9. The Hall–Kier alpha value is -3.42. The first kappa shape index (κ1) is 29.6. The number of nitrogens with one attached hydrogen (secondary N) is 3. The van der Waals surface area contributed by atoms with Crippen LogP contribution in [0.1, 0.15) is 45.6 Å². The topological polar surface area (TPSA) is 161 Å². The van der Waals surface area contributed by atoms with Gasteiger partial charge in [0.2, 0.25) is 5.91 Å². The van der Waals surface area contributed by atoms with Crippen LogP contribution in [0.15, 0.2) is 29.4 Å². The second-order valence-electron chi connectivity index (χ2n) is 8.22. The minimum Gasteiger partial charge on any atom is -0.406 e. The summed E-state index contributed by atoms with van der Waals surface area (Å²) in [7, 11) is 0.